The van der Waals surface area contributed by atoms with E-state index in [-0.39, 0.29) is 12.0 Å². The van der Waals surface area contributed by atoms with Crippen molar-refractivity contribution in [2.45, 2.75) is 39.3 Å². The normalized spacial score (nSPS) is 17.2. The third-order valence-corrected chi connectivity index (χ3v) is 4.05. The highest BCUT2D eigenvalue weighted by Crippen LogP contribution is 2.24. The molecule has 4 nitrogen and oxygen atoms in total. The lowest BCUT2D eigenvalue weighted by molar-refractivity contribution is -0.127. The monoisotopic (exact) mass is 310 g/mol. The van der Waals surface area contributed by atoms with Gasteiger partial charge < -0.3 is 9.64 Å². The zero-order valence-electron chi connectivity index (χ0n) is 13.7. The molecule has 0 bridgehead atoms. The minimum Gasteiger partial charge on any atom is -0.368 e. The van der Waals surface area contributed by atoms with Crippen molar-refractivity contribution in [3.63, 3.8) is 0 Å². The summed E-state index contributed by atoms with van der Waals surface area (Å²) in [7, 11) is 0. The zero-order valence-corrected chi connectivity index (χ0v) is 13.7. The van der Waals surface area contributed by atoms with E-state index < -0.39 is 0 Å². The van der Waals surface area contributed by atoms with Crippen LogP contribution < -0.4 is 4.90 Å². The van der Waals surface area contributed by atoms with Crippen LogP contribution in [0.2, 0.25) is 0 Å². The Bertz CT molecular complexity index is 659. The average molecular weight is 310 g/mol. The summed E-state index contributed by atoms with van der Waals surface area (Å²) in [5, 5.41) is 0. The molecule has 1 unspecified atom stereocenters. The lowest BCUT2D eigenvalue weighted by Gasteiger charge is -2.26. The molecule has 0 radical (unpaired) electrons. The Hall–Kier alpha value is -2.20. The van der Waals surface area contributed by atoms with E-state index in [1.807, 2.05) is 17.0 Å². The smallest absolute Gasteiger partial charge is 0.256 e. The number of amides is 1. The zero-order chi connectivity index (χ0) is 16.2. The maximum absolute atomic E-state index is 13.0. The van der Waals surface area contributed by atoms with Gasteiger partial charge in [-0.15, -0.1) is 0 Å². The van der Waals surface area contributed by atoms with Crippen LogP contribution in [0.4, 0.5) is 5.69 Å². The van der Waals surface area contributed by atoms with Crippen molar-refractivity contribution < 1.29 is 9.53 Å². The van der Waals surface area contributed by atoms with Crippen molar-refractivity contribution >= 4 is 11.6 Å². The maximum Gasteiger partial charge on any atom is 0.256 e. The lowest BCUT2D eigenvalue weighted by Crippen LogP contribution is -2.38. The van der Waals surface area contributed by atoms with Gasteiger partial charge in [0.05, 0.1) is 6.54 Å². The summed E-state index contributed by atoms with van der Waals surface area (Å²) in [6.45, 7) is 5.28. The molecule has 1 aromatic heterocycles. The van der Waals surface area contributed by atoms with Gasteiger partial charge in [-0.25, -0.2) is 0 Å². The molecule has 4 heteroatoms. The van der Waals surface area contributed by atoms with Crippen molar-refractivity contribution in [1.82, 2.24) is 4.98 Å². The van der Waals surface area contributed by atoms with Crippen LogP contribution >= 0.6 is 0 Å². The van der Waals surface area contributed by atoms with Gasteiger partial charge in [-0.2, -0.15) is 0 Å². The van der Waals surface area contributed by atoms with Crippen LogP contribution in [0, 0.1) is 13.8 Å². The van der Waals surface area contributed by atoms with Crippen molar-refractivity contribution in [3.05, 3.63) is 59.4 Å². The number of aromatic nitrogens is 1. The van der Waals surface area contributed by atoms with Gasteiger partial charge in [0.1, 0.15) is 6.10 Å². The summed E-state index contributed by atoms with van der Waals surface area (Å²) in [4.78, 5) is 18.9. The molecule has 1 amide bonds. The number of pyridine rings is 1. The SMILES string of the molecule is Cc1cc(C)cc(N(Cc2cccnc2)C(=O)C2CCCO2)c1. The molecule has 1 aromatic carbocycles. The Kier molecular flexibility index (Phi) is 4.72. The molecule has 0 N–H and O–H groups in total. The van der Waals surface area contributed by atoms with Crippen LogP contribution in [-0.4, -0.2) is 23.6 Å². The molecule has 120 valence electrons. The number of benzene rings is 1. The fraction of sp³-hybridized carbons (Fsp3) is 0.368. The van der Waals surface area contributed by atoms with E-state index in [1.165, 1.54) is 0 Å². The summed E-state index contributed by atoms with van der Waals surface area (Å²) >= 11 is 0. The molecule has 0 spiro atoms. The Balaban J connectivity index is 1.93. The van der Waals surface area contributed by atoms with E-state index in [2.05, 4.69) is 37.0 Å². The molecular weight excluding hydrogens is 288 g/mol. The second-order valence-electron chi connectivity index (χ2n) is 6.13. The Morgan fingerprint density at radius 3 is 2.70 bits per heavy atom. The van der Waals surface area contributed by atoms with Crippen molar-refractivity contribution in [3.8, 4) is 0 Å². The van der Waals surface area contributed by atoms with Crippen molar-refractivity contribution in [1.29, 1.82) is 0 Å². The number of hydrogen-bond acceptors (Lipinski definition) is 3. The number of ether oxygens (including phenoxy) is 1. The van der Waals surface area contributed by atoms with E-state index in [0.29, 0.717) is 13.2 Å². The first-order valence-electron chi connectivity index (χ1n) is 8.03. The summed E-state index contributed by atoms with van der Waals surface area (Å²) < 4.78 is 5.61. The van der Waals surface area contributed by atoms with Gasteiger partial charge in [0, 0.05) is 24.7 Å². The van der Waals surface area contributed by atoms with Gasteiger partial charge in [-0.1, -0.05) is 12.1 Å². The van der Waals surface area contributed by atoms with Crippen molar-refractivity contribution in [2.75, 3.05) is 11.5 Å². The Morgan fingerprint density at radius 2 is 2.09 bits per heavy atom. The van der Waals surface area contributed by atoms with Crippen LogP contribution in [0.3, 0.4) is 0 Å². The minimum atomic E-state index is -0.326. The largest absolute Gasteiger partial charge is 0.368 e. The summed E-state index contributed by atoms with van der Waals surface area (Å²) in [6.07, 6.45) is 4.97. The van der Waals surface area contributed by atoms with Crippen LogP contribution in [0.15, 0.2) is 42.7 Å². The first-order valence-corrected chi connectivity index (χ1v) is 8.03. The van der Waals surface area contributed by atoms with Crippen molar-refractivity contribution in [2.24, 2.45) is 0 Å². The maximum atomic E-state index is 13.0. The molecule has 23 heavy (non-hydrogen) atoms. The highest BCUT2D eigenvalue weighted by Gasteiger charge is 2.29. The molecular formula is C19H22N2O2. The number of aryl methyl sites for hydroxylation is 2. The fourth-order valence-electron chi connectivity index (χ4n) is 3.02. The summed E-state index contributed by atoms with van der Waals surface area (Å²) in [5.41, 5.74) is 4.23. The minimum absolute atomic E-state index is 0.0383. The van der Waals surface area contributed by atoms with E-state index >= 15 is 0 Å². The topological polar surface area (TPSA) is 42.4 Å². The van der Waals surface area contributed by atoms with E-state index in [1.54, 1.807) is 12.4 Å². The van der Waals surface area contributed by atoms with Gasteiger partial charge in [-0.05, 0) is 61.6 Å². The van der Waals surface area contributed by atoms with Gasteiger partial charge in [-0.3, -0.25) is 9.78 Å². The second-order valence-corrected chi connectivity index (χ2v) is 6.13. The molecule has 2 aromatic rings. The van der Waals surface area contributed by atoms with Gasteiger partial charge in [0.2, 0.25) is 0 Å². The fourth-order valence-corrected chi connectivity index (χ4v) is 3.02. The molecule has 3 rings (SSSR count). The third-order valence-electron chi connectivity index (χ3n) is 4.05. The van der Waals surface area contributed by atoms with Gasteiger partial charge in [0.15, 0.2) is 0 Å². The number of rotatable bonds is 4. The first-order chi connectivity index (χ1) is 11.1. The number of carbonyl (C=O) groups is 1. The van der Waals surface area contributed by atoms with E-state index in [9.17, 15) is 4.79 Å². The third kappa shape index (κ3) is 3.77. The second kappa shape index (κ2) is 6.92. The predicted molar refractivity (Wildman–Crippen MR) is 90.3 cm³/mol. The van der Waals surface area contributed by atoms with Gasteiger partial charge in [0.25, 0.3) is 5.91 Å². The van der Waals surface area contributed by atoms with Gasteiger partial charge >= 0.3 is 0 Å². The van der Waals surface area contributed by atoms with Crippen LogP contribution in [0.25, 0.3) is 0 Å². The molecule has 1 aliphatic rings. The average Bonchev–Trinajstić information content (AvgIpc) is 3.06. The van der Waals surface area contributed by atoms with Crippen LogP contribution in [0.1, 0.15) is 29.5 Å². The molecule has 1 fully saturated rings. The van der Waals surface area contributed by atoms with Crippen LogP contribution in [-0.2, 0) is 16.1 Å². The predicted octanol–water partition coefficient (Wildman–Crippen LogP) is 3.41. The van der Waals surface area contributed by atoms with E-state index in [4.69, 9.17) is 4.74 Å². The quantitative estimate of drug-likeness (QED) is 0.869. The number of nitrogens with zero attached hydrogens (tertiary/aromatic N) is 2. The number of anilines is 1. The molecule has 1 saturated heterocycles. The molecule has 2 heterocycles. The molecule has 0 aliphatic carbocycles. The standard InChI is InChI=1S/C19H22N2O2/c1-14-9-15(2)11-17(10-14)21(13-16-5-3-7-20-12-16)19(22)18-6-4-8-23-18/h3,5,7,9-12,18H,4,6,8,13H2,1-2H3. The highest BCUT2D eigenvalue weighted by atomic mass is 16.5. The Morgan fingerprint density at radius 1 is 1.30 bits per heavy atom. The highest BCUT2D eigenvalue weighted by molar-refractivity contribution is 5.96. The first kappa shape index (κ1) is 15.7. The summed E-state index contributed by atoms with van der Waals surface area (Å²) in [5.74, 6) is 0.0383. The molecule has 1 atom stereocenters. The van der Waals surface area contributed by atoms with E-state index in [0.717, 1.165) is 35.2 Å². The molecule has 1 aliphatic heterocycles. The van der Waals surface area contributed by atoms with Crippen LogP contribution in [0.5, 0.6) is 0 Å². The number of carbonyl (C=O) groups excluding carboxylic acids is 1. The Labute approximate surface area is 137 Å². The number of hydrogen-bond donors (Lipinski definition) is 0. The molecule has 0 saturated carbocycles. The lowest BCUT2D eigenvalue weighted by atomic mass is 10.1. The summed E-state index contributed by atoms with van der Waals surface area (Å²) in [6, 6.07) is 10.1.